The molecule has 0 fully saturated rings. The lowest BCUT2D eigenvalue weighted by Crippen LogP contribution is -2.43. The number of hydrogen-bond donors (Lipinski definition) is 2. The molecule has 0 saturated carbocycles. The highest BCUT2D eigenvalue weighted by Gasteiger charge is 2.39. The zero-order valence-corrected chi connectivity index (χ0v) is 18.0. The quantitative estimate of drug-likeness (QED) is 0.563. The average Bonchev–Trinajstić information content (AvgIpc) is 2.60. The van der Waals surface area contributed by atoms with Crippen LogP contribution in [0.2, 0.25) is 18.1 Å². The first kappa shape index (κ1) is 17.0. The van der Waals surface area contributed by atoms with Crippen LogP contribution in [0.4, 0.5) is 0 Å². The van der Waals surface area contributed by atoms with Gasteiger partial charge in [0.25, 0.3) is 0 Å². The van der Waals surface area contributed by atoms with Gasteiger partial charge in [-0.1, -0.05) is 20.8 Å². The summed E-state index contributed by atoms with van der Waals surface area (Å²) in [5.41, 5.74) is -0.0157. The number of phenols is 2. The van der Waals surface area contributed by atoms with Gasteiger partial charge in [-0.05, 0) is 36.3 Å². The summed E-state index contributed by atoms with van der Waals surface area (Å²) in [5, 5.41) is 20.5. The number of benzene rings is 2. The van der Waals surface area contributed by atoms with Crippen LogP contribution >= 0.6 is 0 Å². The van der Waals surface area contributed by atoms with Crippen molar-refractivity contribution >= 4 is 19.3 Å². The molecule has 0 aliphatic heterocycles. The second-order valence-corrected chi connectivity index (χ2v) is 13.2. The van der Waals surface area contributed by atoms with Crippen LogP contribution in [0.25, 0.3) is 22.3 Å². The van der Waals surface area contributed by atoms with E-state index in [1.54, 1.807) is 6.07 Å². The summed E-state index contributed by atoms with van der Waals surface area (Å²) < 4.78 is 38.3. The van der Waals surface area contributed by atoms with Crippen LogP contribution in [0.3, 0.4) is 0 Å². The van der Waals surface area contributed by atoms with E-state index in [0.717, 1.165) is 0 Å². The maximum absolute atomic E-state index is 12.7. The van der Waals surface area contributed by atoms with E-state index < -0.39 is 26.5 Å². The minimum absolute atomic E-state index is 0.0166. The molecule has 0 aliphatic carbocycles. The Hall–Kier alpha value is -2.93. The minimum Gasteiger partial charge on any atom is -0.543 e. The highest BCUT2D eigenvalue weighted by atomic mass is 28.4. The zero-order chi connectivity index (χ0) is 24.1. The number of phenolic OH excluding ortho intramolecular Hbond substituents is 2. The van der Waals surface area contributed by atoms with Crippen LogP contribution in [0.15, 0.2) is 45.6 Å². The molecule has 154 valence electrons. The first-order valence-corrected chi connectivity index (χ1v) is 12.0. The Morgan fingerprint density at radius 1 is 1.07 bits per heavy atom. The van der Waals surface area contributed by atoms with Crippen LogP contribution in [-0.4, -0.2) is 25.6 Å². The first-order valence-electron chi connectivity index (χ1n) is 10.6. The highest BCUT2D eigenvalue weighted by Crippen LogP contribution is 2.39. The van der Waals surface area contributed by atoms with Crippen molar-refractivity contribution in [3.63, 3.8) is 0 Å². The number of aromatic hydroxyl groups is 2. The fraction of sp³-hybridized carbons (Fsp3) is 0.318. The molecule has 0 unspecified atom stereocenters. The summed E-state index contributed by atoms with van der Waals surface area (Å²) in [5.74, 6) is -0.368. The van der Waals surface area contributed by atoms with Crippen LogP contribution in [0, 0.1) is 0 Å². The van der Waals surface area contributed by atoms with Crippen LogP contribution in [0.5, 0.6) is 23.0 Å². The average molecular weight is 418 g/mol. The maximum Gasteiger partial charge on any atom is 0.250 e. The van der Waals surface area contributed by atoms with Crippen molar-refractivity contribution in [3.8, 4) is 34.3 Å². The molecule has 1 aromatic heterocycles. The molecule has 0 amide bonds. The number of ether oxygens (including phenoxy) is 1. The van der Waals surface area contributed by atoms with Crippen LogP contribution < -0.4 is 14.6 Å². The van der Waals surface area contributed by atoms with Crippen LogP contribution in [0.1, 0.15) is 24.9 Å². The molecule has 29 heavy (non-hydrogen) atoms. The molecule has 3 rings (SSSR count). The molecule has 0 bridgehead atoms. The van der Waals surface area contributed by atoms with Gasteiger partial charge >= 0.3 is 0 Å². The van der Waals surface area contributed by atoms with Crippen molar-refractivity contribution in [3.05, 3.63) is 46.6 Å². The molecule has 0 saturated heterocycles. The molecule has 2 N–H and O–H groups in total. The second kappa shape index (κ2) is 7.15. The fourth-order valence-electron chi connectivity index (χ4n) is 2.65. The molecule has 6 nitrogen and oxygen atoms in total. The summed E-state index contributed by atoms with van der Waals surface area (Å²) >= 11 is 0. The van der Waals surface area contributed by atoms with Crippen molar-refractivity contribution in [2.45, 2.75) is 38.9 Å². The zero-order valence-electron chi connectivity index (χ0n) is 20.0. The monoisotopic (exact) mass is 417 g/mol. The van der Waals surface area contributed by atoms with Crippen molar-refractivity contribution in [1.29, 1.82) is 0 Å². The third-order valence-electron chi connectivity index (χ3n) is 5.32. The van der Waals surface area contributed by atoms with Gasteiger partial charge in [-0.3, -0.25) is 4.79 Å². The first-order chi connectivity index (χ1) is 14.6. The fourth-order valence-corrected chi connectivity index (χ4v) is 3.66. The number of methoxy groups -OCH3 is 1. The molecule has 7 heteroatoms. The van der Waals surface area contributed by atoms with Crippen molar-refractivity contribution in [2.24, 2.45) is 0 Å². The van der Waals surface area contributed by atoms with E-state index in [1.807, 2.05) is 0 Å². The van der Waals surface area contributed by atoms with Crippen molar-refractivity contribution < 1.29 is 27.9 Å². The summed E-state index contributed by atoms with van der Waals surface area (Å²) in [6.07, 6.45) is 0. The molecule has 0 spiro atoms. The molecule has 1 heterocycles. The van der Waals surface area contributed by atoms with E-state index in [9.17, 15) is 15.0 Å². The summed E-state index contributed by atoms with van der Waals surface area (Å²) in [6.45, 7) is 10.4. The Bertz CT molecular complexity index is 1230. The lowest BCUT2D eigenvalue weighted by Gasteiger charge is -2.36. The molecule has 0 radical (unpaired) electrons. The third-order valence-corrected chi connectivity index (χ3v) is 9.67. The van der Waals surface area contributed by atoms with E-state index in [2.05, 4.69) is 33.9 Å². The van der Waals surface area contributed by atoms with E-state index in [0.29, 0.717) is 11.3 Å². The number of fused-ring (bicyclic) bond motifs is 1. The Labute approximate surface area is 174 Å². The molecule has 3 aromatic rings. The Balaban J connectivity index is 2.07. The molecular weight excluding hydrogens is 388 g/mol. The van der Waals surface area contributed by atoms with Crippen LogP contribution in [-0.2, 0) is 0 Å². The van der Waals surface area contributed by atoms with E-state index in [1.165, 1.54) is 30.3 Å². The third kappa shape index (κ3) is 3.96. The van der Waals surface area contributed by atoms with E-state index >= 15 is 0 Å². The lowest BCUT2D eigenvalue weighted by molar-refractivity contribution is 0.373. The molecule has 2 aromatic carbocycles. The van der Waals surface area contributed by atoms with Crippen molar-refractivity contribution in [2.75, 3.05) is 7.04 Å². The Kier molecular flexibility index (Phi) is 4.18. The summed E-state index contributed by atoms with van der Waals surface area (Å²) in [6, 6.07) is 8.13. The van der Waals surface area contributed by atoms with E-state index in [-0.39, 0.29) is 33.3 Å². The highest BCUT2D eigenvalue weighted by molar-refractivity contribution is 6.74. The minimum atomic E-state index is -2.72. The summed E-state index contributed by atoms with van der Waals surface area (Å²) in [7, 11) is -4.92. The topological polar surface area (TPSA) is 89.1 Å². The van der Waals surface area contributed by atoms with E-state index in [4.69, 9.17) is 17.7 Å². The number of hydrogen-bond acceptors (Lipinski definition) is 6. The summed E-state index contributed by atoms with van der Waals surface area (Å²) in [4.78, 5) is 12.7. The van der Waals surface area contributed by atoms with Gasteiger partial charge in [0.1, 0.15) is 28.2 Å². The van der Waals surface area contributed by atoms with Crippen molar-refractivity contribution in [1.82, 2.24) is 0 Å². The van der Waals surface area contributed by atoms with Gasteiger partial charge in [-0.2, -0.15) is 0 Å². The number of rotatable bonds is 4. The molecular formula is C22H26O6Si. The van der Waals surface area contributed by atoms with Gasteiger partial charge in [0.2, 0.25) is 8.32 Å². The molecule has 0 atom stereocenters. The van der Waals surface area contributed by atoms with Gasteiger partial charge in [0.15, 0.2) is 16.9 Å². The predicted molar refractivity (Wildman–Crippen MR) is 116 cm³/mol. The second-order valence-electron chi connectivity index (χ2n) is 8.44. The largest absolute Gasteiger partial charge is 0.543 e. The van der Waals surface area contributed by atoms with Gasteiger partial charge in [0, 0.05) is 23.8 Å². The molecule has 0 aliphatic rings. The Morgan fingerprint density at radius 3 is 2.41 bits per heavy atom. The van der Waals surface area contributed by atoms with Gasteiger partial charge in [-0.15, -0.1) is 0 Å². The van der Waals surface area contributed by atoms with Gasteiger partial charge in [0.05, 0.1) is 11.2 Å². The smallest absolute Gasteiger partial charge is 0.250 e. The van der Waals surface area contributed by atoms with Gasteiger partial charge < -0.3 is 23.8 Å². The lowest BCUT2D eigenvalue weighted by atomic mass is 10.1. The Morgan fingerprint density at radius 2 is 1.79 bits per heavy atom. The van der Waals surface area contributed by atoms with Gasteiger partial charge in [-0.25, -0.2) is 0 Å². The predicted octanol–water partition coefficient (Wildman–Crippen LogP) is 5.26. The normalized spacial score (nSPS) is 14.2. The SMILES string of the molecule is [2H]C([2H])([2H])Oc1ccc(-c2cc(=O)c3c(O)cc(O[Si](C)(C)C(C)(C)C)cc3o2)cc1O. The standard InChI is InChI=1S/C22H26O6Si/c1-22(2,3)29(5,6)28-14-10-16(24)21-17(25)12-19(27-20(21)11-14)13-7-8-18(26-4)15(23)9-13/h7-12,23-24H,1-6H3/i4D3. The maximum atomic E-state index is 12.7.